The van der Waals surface area contributed by atoms with E-state index >= 15 is 0 Å². The molecule has 54 heavy (non-hydrogen) atoms. The molecule has 0 unspecified atom stereocenters. The third-order valence-electron chi connectivity index (χ3n) is 10.8. The molecule has 3 amide bonds. The van der Waals surface area contributed by atoms with E-state index in [0.29, 0.717) is 43.0 Å². The molecule has 1 aromatic carbocycles. The minimum atomic E-state index is -0.684. The van der Waals surface area contributed by atoms with Gasteiger partial charge in [0, 0.05) is 37.0 Å². The highest BCUT2D eigenvalue weighted by Crippen LogP contribution is 2.36. The number of carbonyl (C=O) groups is 4. The summed E-state index contributed by atoms with van der Waals surface area (Å²) in [4.78, 5) is 61.2. The van der Waals surface area contributed by atoms with Gasteiger partial charge < -0.3 is 35.4 Å². The van der Waals surface area contributed by atoms with Crippen molar-refractivity contribution >= 4 is 35.0 Å². The number of rotatable bonds is 21. The zero-order valence-corrected chi connectivity index (χ0v) is 34.9. The third kappa shape index (κ3) is 11.5. The summed E-state index contributed by atoms with van der Waals surface area (Å²) in [7, 11) is 3.11. The zero-order chi connectivity index (χ0) is 40.1. The van der Waals surface area contributed by atoms with E-state index in [9.17, 15) is 24.3 Å². The minimum absolute atomic E-state index is 0.0632. The Morgan fingerprint density at radius 1 is 1.02 bits per heavy atom. The monoisotopic (exact) mass is 771 g/mol. The number of carbonyl (C=O) groups excluding carboxylic acids is 4. The number of phenolic OH excluding ortho intramolecular Hbond substituents is 1. The zero-order valence-electron chi connectivity index (χ0n) is 34.1. The van der Waals surface area contributed by atoms with Crippen molar-refractivity contribution in [3.8, 4) is 5.75 Å². The number of benzene rings is 1. The number of hydrogen-bond donors (Lipinski definition) is 4. The summed E-state index contributed by atoms with van der Waals surface area (Å²) in [6.45, 7) is 17.4. The third-order valence-corrected chi connectivity index (χ3v) is 11.8. The van der Waals surface area contributed by atoms with Crippen LogP contribution in [0.3, 0.4) is 0 Å². The second-order valence-electron chi connectivity index (χ2n) is 15.1. The van der Waals surface area contributed by atoms with Crippen molar-refractivity contribution in [2.75, 3.05) is 27.3 Å². The molecule has 1 heterocycles. The molecule has 1 aliphatic rings. The van der Waals surface area contributed by atoms with Gasteiger partial charge in [-0.25, -0.2) is 4.98 Å². The number of hydrogen-bond acceptors (Lipinski definition) is 10. The van der Waals surface area contributed by atoms with Gasteiger partial charge in [-0.2, -0.15) is 0 Å². The Kier molecular flexibility index (Phi) is 17.9. The summed E-state index contributed by atoms with van der Waals surface area (Å²) in [5.74, 6) is -1.50. The van der Waals surface area contributed by atoms with Crippen LogP contribution in [0.5, 0.6) is 5.75 Å². The number of thiazole rings is 1. The van der Waals surface area contributed by atoms with Crippen molar-refractivity contribution in [1.29, 1.82) is 0 Å². The van der Waals surface area contributed by atoms with Crippen LogP contribution in [0.4, 0.5) is 0 Å². The average Bonchev–Trinajstić information content (AvgIpc) is 3.66. The number of aromatic hydroxyl groups is 1. The van der Waals surface area contributed by atoms with Crippen molar-refractivity contribution in [2.45, 2.75) is 137 Å². The van der Waals surface area contributed by atoms with Crippen LogP contribution in [0.25, 0.3) is 0 Å². The lowest BCUT2D eigenvalue weighted by molar-refractivity contribution is -0.143. The van der Waals surface area contributed by atoms with Crippen LogP contribution < -0.4 is 16.0 Å². The number of likely N-dealkylation sites (N-methyl/N-ethyl adjacent to an activating group) is 1. The summed E-state index contributed by atoms with van der Waals surface area (Å²) in [5, 5.41) is 21.8. The number of phenols is 1. The Balaban J connectivity index is 1.87. The quantitative estimate of drug-likeness (QED) is 0.110. The number of aromatic nitrogens is 1. The molecule has 13 heteroatoms. The molecule has 2 aromatic rings. The number of amides is 3. The summed E-state index contributed by atoms with van der Waals surface area (Å²) in [6.07, 6.45) is 3.91. The lowest BCUT2D eigenvalue weighted by atomic mass is 9.80. The van der Waals surface area contributed by atoms with E-state index in [2.05, 4.69) is 36.7 Å². The molecule has 1 aromatic heterocycles. The van der Waals surface area contributed by atoms with E-state index in [4.69, 9.17) is 14.5 Å². The van der Waals surface area contributed by atoms with Gasteiger partial charge in [0.1, 0.15) is 28.6 Å². The standard InChI is InChI=1S/C41H65N5O7S/c1-11-17-46(40(50)36(26(8)14-4)45-38(49)35(42-9)25(7)13-3)33(24(5)6)22-34(53-18-12-2)39-44-32(23-54-39)37(48)43-28-19-27-15-16-29(47)21-30(27)31(20-28)41(51)52-10/h15-16,21,23-26,28,31,33-36,42,47H,11-14,17-20,22H2,1-10H3,(H,43,48)(H,45,49)/t25-,26-,28-,31+,33+,34+,35-,36-/m0/s1. The van der Waals surface area contributed by atoms with Gasteiger partial charge in [0.2, 0.25) is 11.8 Å². The SMILES string of the molecule is CCCO[C@H](C[C@H](C(C)C)N(CCC)C(=O)[C@@H](NC(=O)[C@@H](NC)[C@@H](C)CC)[C@@H](C)CC)c1nc(C(=O)N[C@H]2Cc3ccc(O)cc3[C@H](C(=O)OC)C2)cs1. The number of methoxy groups -OCH3 is 1. The van der Waals surface area contributed by atoms with Crippen molar-refractivity contribution in [2.24, 2.45) is 17.8 Å². The lowest BCUT2D eigenvalue weighted by Crippen LogP contribution is -2.59. The van der Waals surface area contributed by atoms with Gasteiger partial charge in [-0.1, -0.05) is 74.3 Å². The fraction of sp³-hybridized carbons (Fsp3) is 0.683. The fourth-order valence-corrected chi connectivity index (χ4v) is 8.16. The van der Waals surface area contributed by atoms with E-state index in [1.54, 1.807) is 30.6 Å². The highest BCUT2D eigenvalue weighted by molar-refractivity contribution is 7.09. The van der Waals surface area contributed by atoms with Crippen LogP contribution in [0.2, 0.25) is 0 Å². The first-order valence-electron chi connectivity index (χ1n) is 19.8. The van der Waals surface area contributed by atoms with Gasteiger partial charge in [0.15, 0.2) is 0 Å². The maximum atomic E-state index is 14.6. The van der Waals surface area contributed by atoms with Crippen molar-refractivity contribution in [1.82, 2.24) is 25.8 Å². The molecular weight excluding hydrogens is 707 g/mol. The Morgan fingerprint density at radius 2 is 1.70 bits per heavy atom. The Morgan fingerprint density at radius 3 is 2.30 bits per heavy atom. The number of nitrogens with zero attached hydrogens (tertiary/aromatic N) is 2. The second-order valence-corrected chi connectivity index (χ2v) is 16.0. The molecule has 302 valence electrons. The predicted molar refractivity (Wildman–Crippen MR) is 212 cm³/mol. The first-order chi connectivity index (χ1) is 25.7. The summed E-state index contributed by atoms with van der Waals surface area (Å²) >= 11 is 1.35. The van der Waals surface area contributed by atoms with Crippen LogP contribution in [-0.4, -0.2) is 90.2 Å². The number of ether oxygens (including phenoxy) is 2. The molecule has 0 radical (unpaired) electrons. The van der Waals surface area contributed by atoms with E-state index in [1.165, 1.54) is 18.4 Å². The first kappa shape index (κ1) is 44.8. The van der Waals surface area contributed by atoms with Crippen molar-refractivity contribution in [3.05, 3.63) is 45.4 Å². The molecule has 8 atom stereocenters. The van der Waals surface area contributed by atoms with Gasteiger partial charge in [0.25, 0.3) is 5.91 Å². The smallest absolute Gasteiger partial charge is 0.313 e. The molecule has 0 bridgehead atoms. The first-order valence-corrected chi connectivity index (χ1v) is 20.7. The Hall–Kier alpha value is -3.55. The molecule has 0 aliphatic heterocycles. The molecule has 12 nitrogen and oxygen atoms in total. The van der Waals surface area contributed by atoms with Crippen LogP contribution in [-0.2, 0) is 30.3 Å². The van der Waals surface area contributed by atoms with E-state index in [-0.39, 0.29) is 59.0 Å². The van der Waals surface area contributed by atoms with E-state index in [1.807, 2.05) is 39.5 Å². The van der Waals surface area contributed by atoms with Crippen LogP contribution in [0.15, 0.2) is 23.6 Å². The number of esters is 1. The number of fused-ring (bicyclic) bond motifs is 1. The van der Waals surface area contributed by atoms with Gasteiger partial charge in [0.05, 0.1) is 19.1 Å². The normalized spacial score (nSPS) is 18.8. The van der Waals surface area contributed by atoms with Gasteiger partial charge in [-0.15, -0.1) is 11.3 Å². The largest absolute Gasteiger partial charge is 0.508 e. The fourth-order valence-electron chi connectivity index (χ4n) is 7.30. The van der Waals surface area contributed by atoms with Crippen LogP contribution >= 0.6 is 11.3 Å². The predicted octanol–water partition coefficient (Wildman–Crippen LogP) is 6.14. The van der Waals surface area contributed by atoms with E-state index in [0.717, 1.165) is 31.2 Å². The minimum Gasteiger partial charge on any atom is -0.508 e. The second kappa shape index (κ2) is 21.5. The molecule has 0 fully saturated rings. The molecule has 4 N–H and O–H groups in total. The topological polar surface area (TPSA) is 159 Å². The van der Waals surface area contributed by atoms with Gasteiger partial charge >= 0.3 is 5.97 Å². The van der Waals surface area contributed by atoms with Crippen molar-refractivity contribution in [3.63, 3.8) is 0 Å². The lowest BCUT2D eigenvalue weighted by Gasteiger charge is -2.39. The molecule has 0 saturated carbocycles. The maximum absolute atomic E-state index is 14.6. The van der Waals surface area contributed by atoms with Crippen LogP contribution in [0, 0.1) is 17.8 Å². The van der Waals surface area contributed by atoms with Gasteiger partial charge in [-0.3, -0.25) is 19.2 Å². The Labute approximate surface area is 326 Å². The van der Waals surface area contributed by atoms with Crippen LogP contribution in [0.1, 0.15) is 133 Å². The van der Waals surface area contributed by atoms with E-state index < -0.39 is 30.1 Å². The highest BCUT2D eigenvalue weighted by atomic mass is 32.1. The summed E-state index contributed by atoms with van der Waals surface area (Å²) < 4.78 is 11.5. The molecule has 0 saturated heterocycles. The molecule has 0 spiro atoms. The van der Waals surface area contributed by atoms with Gasteiger partial charge in [-0.05, 0) is 73.7 Å². The summed E-state index contributed by atoms with van der Waals surface area (Å²) in [5.41, 5.74) is 1.83. The molecule has 3 rings (SSSR count). The highest BCUT2D eigenvalue weighted by Gasteiger charge is 2.38. The average molecular weight is 772 g/mol. The summed E-state index contributed by atoms with van der Waals surface area (Å²) in [6, 6.07) is 3.28. The Bertz CT molecular complexity index is 1530. The van der Waals surface area contributed by atoms with Crippen molar-refractivity contribution < 1.29 is 33.8 Å². The molecular formula is C41H65N5O7S. The molecule has 1 aliphatic carbocycles. The maximum Gasteiger partial charge on any atom is 0.313 e. The number of nitrogens with one attached hydrogen (secondary N) is 3.